The Bertz CT molecular complexity index is 1410. The highest BCUT2D eigenvalue weighted by Crippen LogP contribution is 2.30. The number of ether oxygens (including phenoxy) is 2. The van der Waals surface area contributed by atoms with E-state index in [9.17, 15) is 13.2 Å². The Morgan fingerprint density at radius 1 is 1.03 bits per heavy atom. The van der Waals surface area contributed by atoms with Crippen molar-refractivity contribution in [3.8, 4) is 17.1 Å². The van der Waals surface area contributed by atoms with Gasteiger partial charge in [-0.1, -0.05) is 12.1 Å². The van der Waals surface area contributed by atoms with Crippen LogP contribution in [0.5, 0.6) is 5.75 Å². The van der Waals surface area contributed by atoms with Crippen LogP contribution in [0.2, 0.25) is 0 Å². The Kier molecular flexibility index (Phi) is 6.06. The zero-order valence-electron chi connectivity index (χ0n) is 18.3. The summed E-state index contributed by atoms with van der Waals surface area (Å²) < 4.78 is 38.9. The van der Waals surface area contributed by atoms with E-state index < -0.39 is 16.0 Å². The van der Waals surface area contributed by atoms with Crippen LogP contribution in [0.1, 0.15) is 24.2 Å². The predicted octanol–water partition coefficient (Wildman–Crippen LogP) is 4.60. The van der Waals surface area contributed by atoms with Gasteiger partial charge in [0.1, 0.15) is 11.6 Å². The maximum atomic E-state index is 12.9. The van der Waals surface area contributed by atoms with Crippen molar-refractivity contribution in [2.24, 2.45) is 0 Å². The first-order valence-electron chi connectivity index (χ1n) is 10.2. The first-order valence-corrected chi connectivity index (χ1v) is 11.7. The molecule has 9 heteroatoms. The van der Waals surface area contributed by atoms with Gasteiger partial charge in [-0.3, -0.25) is 4.72 Å². The quantitative estimate of drug-likeness (QED) is 0.386. The molecule has 2 N–H and O–H groups in total. The van der Waals surface area contributed by atoms with Gasteiger partial charge in [0.15, 0.2) is 0 Å². The molecule has 0 bridgehead atoms. The first-order chi connectivity index (χ1) is 15.8. The van der Waals surface area contributed by atoms with E-state index in [0.717, 1.165) is 5.56 Å². The minimum Gasteiger partial charge on any atom is -0.496 e. The van der Waals surface area contributed by atoms with Crippen molar-refractivity contribution in [2.45, 2.75) is 24.8 Å². The molecule has 0 aliphatic rings. The summed E-state index contributed by atoms with van der Waals surface area (Å²) in [5.74, 6) is 0.774. The van der Waals surface area contributed by atoms with Crippen LogP contribution in [0.25, 0.3) is 22.4 Å². The average Bonchev–Trinajstić information content (AvgIpc) is 3.22. The molecule has 0 unspecified atom stereocenters. The van der Waals surface area contributed by atoms with Crippen molar-refractivity contribution in [3.05, 3.63) is 72.3 Å². The number of sulfonamides is 1. The number of carbonyl (C=O) groups excluding carboxylic acids is 1. The Labute approximate surface area is 191 Å². The second-order valence-corrected chi connectivity index (χ2v) is 9.28. The Morgan fingerprint density at radius 2 is 1.76 bits per heavy atom. The molecule has 0 aliphatic carbocycles. The van der Waals surface area contributed by atoms with E-state index in [0.29, 0.717) is 33.9 Å². The van der Waals surface area contributed by atoms with E-state index in [4.69, 9.17) is 9.47 Å². The van der Waals surface area contributed by atoms with Gasteiger partial charge in [-0.15, -0.1) is 0 Å². The average molecular weight is 466 g/mol. The number of nitrogens with zero attached hydrogens (tertiary/aromatic N) is 1. The van der Waals surface area contributed by atoms with Crippen molar-refractivity contribution in [3.63, 3.8) is 0 Å². The zero-order chi connectivity index (χ0) is 23.6. The largest absolute Gasteiger partial charge is 0.496 e. The number of aromatic nitrogens is 2. The van der Waals surface area contributed by atoms with Crippen LogP contribution in [0.15, 0.2) is 71.6 Å². The lowest BCUT2D eigenvalue weighted by Crippen LogP contribution is -2.14. The van der Waals surface area contributed by atoms with Gasteiger partial charge in [0.25, 0.3) is 10.0 Å². The molecule has 1 heterocycles. The number of fused-ring (bicyclic) bond motifs is 1. The van der Waals surface area contributed by atoms with Crippen molar-refractivity contribution in [1.29, 1.82) is 0 Å². The lowest BCUT2D eigenvalue weighted by molar-refractivity contribution is 0.0378. The summed E-state index contributed by atoms with van der Waals surface area (Å²) in [5, 5.41) is 0. The number of imidazole rings is 1. The fourth-order valence-corrected chi connectivity index (χ4v) is 4.38. The zero-order valence-corrected chi connectivity index (χ0v) is 19.1. The lowest BCUT2D eigenvalue weighted by Gasteiger charge is -2.10. The molecule has 4 rings (SSSR count). The van der Waals surface area contributed by atoms with Gasteiger partial charge in [0.05, 0.1) is 40.3 Å². The highest BCUT2D eigenvalue weighted by Gasteiger charge is 2.18. The SMILES string of the molecule is COc1ccccc1-c1nc2ccc(S(=O)(=O)Nc3ccc(C(=O)OC(C)C)cc3)cc2[nH]1. The minimum atomic E-state index is -3.86. The maximum Gasteiger partial charge on any atom is 0.338 e. The van der Waals surface area contributed by atoms with Gasteiger partial charge in [0.2, 0.25) is 0 Å². The molecule has 33 heavy (non-hydrogen) atoms. The van der Waals surface area contributed by atoms with Crippen LogP contribution in [0.4, 0.5) is 5.69 Å². The number of nitrogens with one attached hydrogen (secondary N) is 2. The summed E-state index contributed by atoms with van der Waals surface area (Å²) >= 11 is 0. The number of esters is 1. The first kappa shape index (κ1) is 22.3. The van der Waals surface area contributed by atoms with Gasteiger partial charge >= 0.3 is 5.97 Å². The molecule has 0 atom stereocenters. The summed E-state index contributed by atoms with van der Waals surface area (Å²) in [6.07, 6.45) is -0.239. The normalized spacial score (nSPS) is 11.5. The van der Waals surface area contributed by atoms with Crippen molar-refractivity contribution in [2.75, 3.05) is 11.8 Å². The van der Waals surface area contributed by atoms with Crippen LogP contribution < -0.4 is 9.46 Å². The molecule has 0 fully saturated rings. The van der Waals surface area contributed by atoms with Gasteiger partial charge in [0, 0.05) is 5.69 Å². The Hall–Kier alpha value is -3.85. The number of carbonyl (C=O) groups is 1. The molecular formula is C24H23N3O5S. The molecule has 0 saturated carbocycles. The van der Waals surface area contributed by atoms with Gasteiger partial charge in [-0.2, -0.15) is 0 Å². The smallest absolute Gasteiger partial charge is 0.338 e. The number of benzene rings is 3. The van der Waals surface area contributed by atoms with Crippen molar-refractivity contribution < 1.29 is 22.7 Å². The van der Waals surface area contributed by atoms with Crippen LogP contribution in [0, 0.1) is 0 Å². The highest BCUT2D eigenvalue weighted by atomic mass is 32.2. The molecular weight excluding hydrogens is 442 g/mol. The number of para-hydroxylation sites is 1. The number of hydrogen-bond acceptors (Lipinski definition) is 6. The summed E-state index contributed by atoms with van der Waals surface area (Å²) in [6, 6.07) is 18.2. The van der Waals surface area contributed by atoms with Gasteiger partial charge < -0.3 is 14.5 Å². The molecule has 0 radical (unpaired) electrons. The molecule has 0 amide bonds. The van der Waals surface area contributed by atoms with E-state index in [1.54, 1.807) is 27.0 Å². The predicted molar refractivity (Wildman–Crippen MR) is 126 cm³/mol. The van der Waals surface area contributed by atoms with Crippen molar-refractivity contribution >= 4 is 32.7 Å². The summed E-state index contributed by atoms with van der Waals surface area (Å²) in [7, 11) is -2.28. The van der Waals surface area contributed by atoms with Gasteiger partial charge in [-0.05, 0) is 68.4 Å². The molecule has 4 aromatic rings. The van der Waals surface area contributed by atoms with Crippen LogP contribution in [-0.2, 0) is 14.8 Å². The fraction of sp³-hybridized carbons (Fsp3) is 0.167. The summed E-state index contributed by atoms with van der Waals surface area (Å²) in [5.41, 5.74) is 2.65. The molecule has 170 valence electrons. The highest BCUT2D eigenvalue weighted by molar-refractivity contribution is 7.92. The molecule has 0 aliphatic heterocycles. The third kappa shape index (κ3) is 4.83. The van der Waals surface area contributed by atoms with Gasteiger partial charge in [-0.25, -0.2) is 18.2 Å². The number of aromatic amines is 1. The standard InChI is InChI=1S/C24H23N3O5S/c1-15(2)32-24(28)16-8-10-17(11-9-16)27-33(29,30)18-12-13-20-21(14-18)26-23(25-20)19-6-4-5-7-22(19)31-3/h4-15,27H,1-3H3,(H,25,26). The molecule has 0 saturated heterocycles. The monoisotopic (exact) mass is 465 g/mol. The summed E-state index contributed by atoms with van der Waals surface area (Å²) in [4.78, 5) is 19.8. The van der Waals surface area contributed by atoms with E-state index in [-0.39, 0.29) is 11.0 Å². The molecule has 8 nitrogen and oxygen atoms in total. The number of methoxy groups -OCH3 is 1. The second-order valence-electron chi connectivity index (χ2n) is 7.60. The van der Waals surface area contributed by atoms with Crippen LogP contribution in [0.3, 0.4) is 0 Å². The number of H-pyrrole nitrogens is 1. The Balaban J connectivity index is 1.58. The number of hydrogen-bond donors (Lipinski definition) is 2. The van der Waals surface area contributed by atoms with E-state index >= 15 is 0 Å². The van der Waals surface area contributed by atoms with Crippen molar-refractivity contribution in [1.82, 2.24) is 9.97 Å². The number of anilines is 1. The molecule has 3 aromatic carbocycles. The maximum absolute atomic E-state index is 12.9. The third-order valence-corrected chi connectivity index (χ3v) is 6.22. The molecule has 1 aromatic heterocycles. The number of rotatable bonds is 7. The van der Waals surface area contributed by atoms with E-state index in [1.165, 1.54) is 36.4 Å². The summed E-state index contributed by atoms with van der Waals surface area (Å²) in [6.45, 7) is 3.52. The van der Waals surface area contributed by atoms with Crippen LogP contribution >= 0.6 is 0 Å². The Morgan fingerprint density at radius 3 is 2.45 bits per heavy atom. The van der Waals surface area contributed by atoms with E-state index in [2.05, 4.69) is 14.7 Å². The fourth-order valence-electron chi connectivity index (χ4n) is 3.29. The lowest BCUT2D eigenvalue weighted by atomic mass is 10.2. The van der Waals surface area contributed by atoms with E-state index in [1.807, 2.05) is 24.3 Å². The minimum absolute atomic E-state index is 0.0773. The van der Waals surface area contributed by atoms with Crippen LogP contribution in [-0.4, -0.2) is 37.6 Å². The second kappa shape index (κ2) is 8.95. The third-order valence-electron chi connectivity index (χ3n) is 4.84. The molecule has 0 spiro atoms. The topological polar surface area (TPSA) is 110 Å².